The summed E-state index contributed by atoms with van der Waals surface area (Å²) in [6, 6.07) is 0. The fourth-order valence-electron chi connectivity index (χ4n) is 2.58. The number of carbonyl (C=O) groups excluding carboxylic acids is 1. The SMILES string of the molecule is CCNC(=NCc1csc(C(C)C)n1)NCCCN1CCCC1=O.I. The first-order valence-corrected chi connectivity index (χ1v) is 9.72. The van der Waals surface area contributed by atoms with Crippen molar-refractivity contribution in [1.29, 1.82) is 0 Å². The largest absolute Gasteiger partial charge is 0.357 e. The Hall–Kier alpha value is -0.900. The summed E-state index contributed by atoms with van der Waals surface area (Å²) in [6.07, 6.45) is 2.65. The molecule has 0 aliphatic carbocycles. The number of amides is 1. The second kappa shape index (κ2) is 11.7. The zero-order valence-electron chi connectivity index (χ0n) is 15.4. The third-order valence-corrected chi connectivity index (χ3v) is 5.07. The minimum Gasteiger partial charge on any atom is -0.357 e. The van der Waals surface area contributed by atoms with Crippen molar-refractivity contribution < 1.29 is 4.79 Å². The molecule has 0 radical (unpaired) electrons. The number of aliphatic imine (C=N–C) groups is 1. The van der Waals surface area contributed by atoms with E-state index in [-0.39, 0.29) is 24.0 Å². The van der Waals surface area contributed by atoms with Gasteiger partial charge in [-0.05, 0) is 19.8 Å². The van der Waals surface area contributed by atoms with E-state index in [1.807, 2.05) is 4.90 Å². The van der Waals surface area contributed by atoms with Crippen molar-refractivity contribution in [2.75, 3.05) is 26.2 Å². The van der Waals surface area contributed by atoms with E-state index in [1.165, 1.54) is 0 Å². The first-order valence-electron chi connectivity index (χ1n) is 8.84. The Kier molecular flexibility index (Phi) is 10.3. The van der Waals surface area contributed by atoms with Crippen LogP contribution in [0.3, 0.4) is 0 Å². The predicted molar refractivity (Wildman–Crippen MR) is 115 cm³/mol. The van der Waals surface area contributed by atoms with Crippen LogP contribution in [0.4, 0.5) is 0 Å². The van der Waals surface area contributed by atoms with Gasteiger partial charge in [0.05, 0.1) is 17.2 Å². The number of guanidine groups is 1. The van der Waals surface area contributed by atoms with Gasteiger partial charge in [-0.15, -0.1) is 35.3 Å². The molecule has 1 aliphatic heterocycles. The number of carbonyl (C=O) groups is 1. The molecule has 142 valence electrons. The third-order valence-electron chi connectivity index (χ3n) is 3.88. The first-order chi connectivity index (χ1) is 11.6. The number of likely N-dealkylation sites (tertiary alicyclic amines) is 1. The van der Waals surface area contributed by atoms with Crippen molar-refractivity contribution in [3.8, 4) is 0 Å². The molecule has 1 saturated heterocycles. The van der Waals surface area contributed by atoms with E-state index >= 15 is 0 Å². The van der Waals surface area contributed by atoms with Crippen LogP contribution in [-0.4, -0.2) is 47.9 Å². The van der Waals surface area contributed by atoms with Gasteiger partial charge in [-0.1, -0.05) is 13.8 Å². The molecular formula is C17H30IN5OS. The van der Waals surface area contributed by atoms with Gasteiger partial charge in [0.1, 0.15) is 0 Å². The molecule has 1 aliphatic rings. The van der Waals surface area contributed by atoms with Crippen LogP contribution >= 0.6 is 35.3 Å². The summed E-state index contributed by atoms with van der Waals surface area (Å²) in [5, 5.41) is 9.83. The van der Waals surface area contributed by atoms with Crippen LogP contribution in [0.25, 0.3) is 0 Å². The maximum atomic E-state index is 11.6. The number of thiazole rings is 1. The molecule has 1 aromatic heterocycles. The zero-order chi connectivity index (χ0) is 17.4. The molecule has 6 nitrogen and oxygen atoms in total. The molecule has 1 amide bonds. The summed E-state index contributed by atoms with van der Waals surface area (Å²) in [7, 11) is 0. The molecule has 8 heteroatoms. The molecule has 2 rings (SSSR count). The molecule has 1 fully saturated rings. The molecule has 2 heterocycles. The molecule has 0 atom stereocenters. The maximum absolute atomic E-state index is 11.6. The van der Waals surface area contributed by atoms with Gasteiger partial charge in [0.2, 0.25) is 5.91 Å². The molecule has 25 heavy (non-hydrogen) atoms. The standard InChI is InChI=1S/C17H29N5OS.HI/c1-4-18-17(19-8-6-10-22-9-5-7-15(22)23)20-11-14-12-24-16(21-14)13(2)3;/h12-13H,4-11H2,1-3H3,(H2,18,19,20);1H. The Morgan fingerprint density at radius 1 is 1.44 bits per heavy atom. The Balaban J connectivity index is 0.00000312. The van der Waals surface area contributed by atoms with Gasteiger partial charge in [0.15, 0.2) is 5.96 Å². The lowest BCUT2D eigenvalue weighted by molar-refractivity contribution is -0.127. The van der Waals surface area contributed by atoms with Gasteiger partial charge >= 0.3 is 0 Å². The highest BCUT2D eigenvalue weighted by molar-refractivity contribution is 14.0. The van der Waals surface area contributed by atoms with Crippen LogP contribution in [0.1, 0.15) is 56.7 Å². The van der Waals surface area contributed by atoms with Crippen molar-refractivity contribution in [2.24, 2.45) is 4.99 Å². The smallest absolute Gasteiger partial charge is 0.222 e. The normalized spacial score (nSPS) is 14.8. The van der Waals surface area contributed by atoms with Crippen LogP contribution in [0.5, 0.6) is 0 Å². The quantitative estimate of drug-likeness (QED) is 0.261. The Labute approximate surface area is 171 Å². The number of rotatable bonds is 8. The Morgan fingerprint density at radius 3 is 2.84 bits per heavy atom. The third kappa shape index (κ3) is 7.47. The molecule has 0 bridgehead atoms. The number of aromatic nitrogens is 1. The molecule has 0 aromatic carbocycles. The molecule has 1 aromatic rings. The van der Waals surface area contributed by atoms with E-state index in [4.69, 9.17) is 0 Å². The lowest BCUT2D eigenvalue weighted by atomic mass is 10.2. The van der Waals surface area contributed by atoms with Crippen molar-refractivity contribution >= 4 is 47.2 Å². The Morgan fingerprint density at radius 2 is 2.24 bits per heavy atom. The second-order valence-electron chi connectivity index (χ2n) is 6.29. The van der Waals surface area contributed by atoms with Gasteiger partial charge in [-0.3, -0.25) is 4.79 Å². The highest BCUT2D eigenvalue weighted by atomic mass is 127. The monoisotopic (exact) mass is 479 g/mol. The van der Waals surface area contributed by atoms with Crippen molar-refractivity contribution in [3.63, 3.8) is 0 Å². The van der Waals surface area contributed by atoms with Crippen LogP contribution in [0.2, 0.25) is 0 Å². The summed E-state index contributed by atoms with van der Waals surface area (Å²) >= 11 is 1.70. The fraction of sp³-hybridized carbons (Fsp3) is 0.706. The number of nitrogens with one attached hydrogen (secondary N) is 2. The number of hydrogen-bond donors (Lipinski definition) is 2. The molecule has 2 N–H and O–H groups in total. The average molecular weight is 479 g/mol. The van der Waals surface area contributed by atoms with Gasteiger partial charge in [0.25, 0.3) is 0 Å². The topological polar surface area (TPSA) is 69.6 Å². The number of halogens is 1. The Bertz CT molecular complexity index is 561. The number of nitrogens with zero attached hydrogens (tertiary/aromatic N) is 3. The first kappa shape index (κ1) is 22.1. The minimum absolute atomic E-state index is 0. The van der Waals surface area contributed by atoms with Crippen LogP contribution in [0, 0.1) is 0 Å². The molecule has 0 saturated carbocycles. The van der Waals surface area contributed by atoms with Gasteiger partial charge in [-0.2, -0.15) is 0 Å². The lowest BCUT2D eigenvalue weighted by Gasteiger charge is -2.16. The average Bonchev–Trinajstić information content (AvgIpc) is 3.18. The van der Waals surface area contributed by atoms with E-state index in [1.54, 1.807) is 11.3 Å². The van der Waals surface area contributed by atoms with Crippen LogP contribution in [0.15, 0.2) is 10.4 Å². The predicted octanol–water partition coefficient (Wildman–Crippen LogP) is 2.95. The van der Waals surface area contributed by atoms with E-state index in [0.29, 0.717) is 24.8 Å². The summed E-state index contributed by atoms with van der Waals surface area (Å²) < 4.78 is 0. The zero-order valence-corrected chi connectivity index (χ0v) is 18.5. The van der Waals surface area contributed by atoms with E-state index in [9.17, 15) is 4.79 Å². The second-order valence-corrected chi connectivity index (χ2v) is 7.18. The van der Waals surface area contributed by atoms with Crippen LogP contribution < -0.4 is 10.6 Å². The van der Waals surface area contributed by atoms with Crippen molar-refractivity contribution in [2.45, 2.75) is 52.5 Å². The summed E-state index contributed by atoms with van der Waals surface area (Å²) in [5.74, 6) is 1.57. The maximum Gasteiger partial charge on any atom is 0.222 e. The lowest BCUT2D eigenvalue weighted by Crippen LogP contribution is -2.39. The van der Waals surface area contributed by atoms with Crippen LogP contribution in [-0.2, 0) is 11.3 Å². The molecule has 0 spiro atoms. The minimum atomic E-state index is 0. The molecule has 0 unspecified atom stereocenters. The van der Waals surface area contributed by atoms with Crippen molar-refractivity contribution in [3.05, 3.63) is 16.1 Å². The van der Waals surface area contributed by atoms with E-state index in [0.717, 1.165) is 55.7 Å². The van der Waals surface area contributed by atoms with E-state index < -0.39 is 0 Å². The highest BCUT2D eigenvalue weighted by Crippen LogP contribution is 2.19. The molecular weight excluding hydrogens is 449 g/mol. The summed E-state index contributed by atoms with van der Waals surface area (Å²) in [6.45, 7) is 10.3. The summed E-state index contributed by atoms with van der Waals surface area (Å²) in [4.78, 5) is 22.7. The number of hydrogen-bond acceptors (Lipinski definition) is 4. The summed E-state index contributed by atoms with van der Waals surface area (Å²) in [5.41, 5.74) is 1.02. The highest BCUT2D eigenvalue weighted by Gasteiger charge is 2.18. The van der Waals surface area contributed by atoms with Crippen molar-refractivity contribution in [1.82, 2.24) is 20.5 Å². The van der Waals surface area contributed by atoms with E-state index in [2.05, 4.69) is 46.8 Å². The van der Waals surface area contributed by atoms with Gasteiger partial charge in [0, 0.05) is 43.9 Å². The van der Waals surface area contributed by atoms with Gasteiger partial charge < -0.3 is 15.5 Å². The fourth-order valence-corrected chi connectivity index (χ4v) is 3.41. The van der Waals surface area contributed by atoms with Gasteiger partial charge in [-0.25, -0.2) is 9.98 Å².